The summed E-state index contributed by atoms with van der Waals surface area (Å²) in [5.41, 5.74) is 0.524. The van der Waals surface area contributed by atoms with E-state index < -0.39 is 7.26 Å². The monoisotopic (exact) mass is 413 g/mol. The summed E-state index contributed by atoms with van der Waals surface area (Å²) in [5.74, 6) is 0.498. The van der Waals surface area contributed by atoms with Crippen LogP contribution in [0.1, 0.15) is 19.8 Å². The number of hydrogen-bond donors (Lipinski definition) is 0. The number of ether oxygens (including phenoxy) is 1. The lowest BCUT2D eigenvalue weighted by Gasteiger charge is -2.54. The average Bonchev–Trinajstić information content (AvgIpc) is 2.82. The Balaban J connectivity index is 1.89. The molecule has 2 heteroatoms. The van der Waals surface area contributed by atoms with Crippen molar-refractivity contribution < 1.29 is 4.74 Å². The Bertz CT molecular complexity index is 918. The van der Waals surface area contributed by atoms with Gasteiger partial charge in [0.15, 0.2) is 0 Å². The van der Waals surface area contributed by atoms with Crippen LogP contribution in [0.15, 0.2) is 103 Å². The van der Waals surface area contributed by atoms with Gasteiger partial charge in [-0.15, -0.1) is 0 Å². The Morgan fingerprint density at radius 1 is 0.767 bits per heavy atom. The molecule has 30 heavy (non-hydrogen) atoms. The van der Waals surface area contributed by atoms with Gasteiger partial charge in [-0.3, -0.25) is 0 Å². The molecule has 1 saturated carbocycles. The van der Waals surface area contributed by atoms with Gasteiger partial charge in [0, 0.05) is 18.4 Å². The molecule has 3 aliphatic carbocycles. The number of benzene rings is 3. The molecule has 0 saturated heterocycles. The highest BCUT2D eigenvalue weighted by molar-refractivity contribution is 7.96. The third kappa shape index (κ3) is 2.91. The summed E-state index contributed by atoms with van der Waals surface area (Å²) < 4.78 is 6.35. The van der Waals surface area contributed by atoms with Gasteiger partial charge in [0.2, 0.25) is 0 Å². The van der Waals surface area contributed by atoms with Gasteiger partial charge < -0.3 is 4.74 Å². The van der Waals surface area contributed by atoms with Crippen LogP contribution in [0, 0.1) is 11.3 Å². The van der Waals surface area contributed by atoms with Crippen molar-refractivity contribution in [3.63, 3.8) is 0 Å². The molecular weight excluding hydrogens is 383 g/mol. The molecule has 0 amide bonds. The molecule has 0 aliphatic heterocycles. The first-order valence-electron chi connectivity index (χ1n) is 11.0. The zero-order valence-electron chi connectivity index (χ0n) is 17.8. The van der Waals surface area contributed by atoms with Crippen molar-refractivity contribution in [3.8, 4) is 0 Å². The van der Waals surface area contributed by atoms with E-state index in [0.717, 1.165) is 0 Å². The van der Waals surface area contributed by atoms with Gasteiger partial charge in [-0.1, -0.05) is 73.7 Å². The first-order valence-corrected chi connectivity index (χ1v) is 12.8. The Labute approximate surface area is 181 Å². The largest absolute Gasteiger partial charge is 0.377 e. The van der Waals surface area contributed by atoms with Gasteiger partial charge in [0.1, 0.15) is 34.9 Å². The predicted octanol–water partition coefficient (Wildman–Crippen LogP) is 5.35. The molecule has 1 nitrogen and oxygen atoms in total. The summed E-state index contributed by atoms with van der Waals surface area (Å²) in [6, 6.07) is 33.8. The normalized spacial score (nSPS) is 27.9. The van der Waals surface area contributed by atoms with E-state index in [4.69, 9.17) is 4.74 Å². The van der Waals surface area contributed by atoms with Crippen molar-refractivity contribution in [3.05, 3.63) is 103 Å². The lowest BCUT2D eigenvalue weighted by Crippen LogP contribution is -2.58. The molecule has 4 atom stereocenters. The second kappa shape index (κ2) is 7.80. The van der Waals surface area contributed by atoms with Crippen molar-refractivity contribution in [2.24, 2.45) is 11.3 Å². The first kappa shape index (κ1) is 19.7. The van der Waals surface area contributed by atoms with Crippen LogP contribution >= 0.6 is 7.26 Å². The quantitative estimate of drug-likeness (QED) is 0.405. The van der Waals surface area contributed by atoms with Crippen LogP contribution in [-0.2, 0) is 4.74 Å². The molecule has 3 aliphatic rings. The standard InChI is InChI=1S/C28H30OP/c1-28-20-18-22(19-21-28)26(29-2)27(28)30(23-12-6-3-7-13-23,24-14-8-4-9-15-24)25-16-10-5-11-17-25/h3-18,20,22,26-27H,19,21H2,1-2H3/q+1. The molecule has 1 fully saturated rings. The number of fused-ring (bicyclic) bond motifs is 2. The van der Waals surface area contributed by atoms with Crippen molar-refractivity contribution in [2.75, 3.05) is 7.11 Å². The Hall–Kier alpha value is -2.21. The predicted molar refractivity (Wildman–Crippen MR) is 130 cm³/mol. The third-order valence-electron chi connectivity index (χ3n) is 7.33. The smallest absolute Gasteiger partial charge is 0.119 e. The summed E-state index contributed by atoms with van der Waals surface area (Å²) in [6.07, 6.45) is 7.63. The van der Waals surface area contributed by atoms with Crippen LogP contribution in [-0.4, -0.2) is 18.9 Å². The number of hydrogen-bond acceptors (Lipinski definition) is 1. The molecule has 0 aromatic heterocycles. The molecule has 0 heterocycles. The fraction of sp³-hybridized carbons (Fsp3) is 0.286. The lowest BCUT2D eigenvalue weighted by atomic mass is 9.64. The van der Waals surface area contributed by atoms with E-state index in [0.29, 0.717) is 11.6 Å². The molecule has 0 spiro atoms. The van der Waals surface area contributed by atoms with Crippen LogP contribution in [0.4, 0.5) is 0 Å². The van der Waals surface area contributed by atoms with E-state index in [9.17, 15) is 0 Å². The first-order chi connectivity index (χ1) is 14.7. The molecule has 3 aromatic carbocycles. The highest BCUT2D eigenvalue weighted by Gasteiger charge is 2.65. The maximum absolute atomic E-state index is 6.35. The van der Waals surface area contributed by atoms with Gasteiger partial charge in [0.05, 0.1) is 0 Å². The summed E-state index contributed by atoms with van der Waals surface area (Å²) in [4.78, 5) is 0. The third-order valence-corrected chi connectivity index (χ3v) is 12.4. The summed E-state index contributed by atoms with van der Waals surface area (Å²) in [5, 5.41) is 4.37. The number of allylic oxidation sites excluding steroid dienone is 1. The van der Waals surface area contributed by atoms with Crippen molar-refractivity contribution in [2.45, 2.75) is 31.5 Å². The molecule has 6 rings (SSSR count). The second-order valence-corrected chi connectivity index (χ2v) is 12.5. The second-order valence-electron chi connectivity index (χ2n) is 8.94. The number of methoxy groups -OCH3 is 1. The Morgan fingerprint density at radius 2 is 1.23 bits per heavy atom. The van der Waals surface area contributed by atoms with Gasteiger partial charge >= 0.3 is 0 Å². The Kier molecular flexibility index (Phi) is 5.13. The molecular formula is C28H30OP+. The highest BCUT2D eigenvalue weighted by Crippen LogP contribution is 2.70. The van der Waals surface area contributed by atoms with E-state index >= 15 is 0 Å². The minimum absolute atomic E-state index is 0.116. The summed E-state index contributed by atoms with van der Waals surface area (Å²) in [6.45, 7) is 2.47. The maximum atomic E-state index is 6.35. The summed E-state index contributed by atoms with van der Waals surface area (Å²) >= 11 is 0. The zero-order valence-corrected chi connectivity index (χ0v) is 18.7. The van der Waals surface area contributed by atoms with Gasteiger partial charge in [-0.2, -0.15) is 0 Å². The van der Waals surface area contributed by atoms with E-state index in [1.165, 1.54) is 28.8 Å². The van der Waals surface area contributed by atoms with Crippen LogP contribution in [0.2, 0.25) is 0 Å². The van der Waals surface area contributed by atoms with Crippen LogP contribution in [0.25, 0.3) is 0 Å². The van der Waals surface area contributed by atoms with Crippen molar-refractivity contribution in [1.82, 2.24) is 0 Å². The van der Waals surface area contributed by atoms with E-state index in [1.54, 1.807) is 0 Å². The van der Waals surface area contributed by atoms with Crippen LogP contribution in [0.3, 0.4) is 0 Å². The number of rotatable bonds is 5. The molecule has 152 valence electrons. The highest BCUT2D eigenvalue weighted by atomic mass is 31.2. The topological polar surface area (TPSA) is 9.23 Å². The van der Waals surface area contributed by atoms with Crippen molar-refractivity contribution >= 4 is 23.2 Å². The average molecular weight is 414 g/mol. The minimum atomic E-state index is -1.99. The lowest BCUT2D eigenvalue weighted by molar-refractivity contribution is 0.00205. The van der Waals surface area contributed by atoms with Crippen LogP contribution in [0.5, 0.6) is 0 Å². The minimum Gasteiger partial charge on any atom is -0.377 e. The van der Waals surface area contributed by atoms with Gasteiger partial charge in [0.25, 0.3) is 0 Å². The molecule has 0 N–H and O–H groups in total. The van der Waals surface area contributed by atoms with Gasteiger partial charge in [-0.05, 0) is 49.2 Å². The molecule has 0 radical (unpaired) electrons. The van der Waals surface area contributed by atoms with Crippen molar-refractivity contribution in [1.29, 1.82) is 0 Å². The SMILES string of the molecule is COC1C2C=CC(C)(CC2)C1[P+](c1ccccc1)(c1ccccc1)c1ccccc1. The summed E-state index contributed by atoms with van der Waals surface area (Å²) in [7, 11) is -0.0634. The molecule has 2 bridgehead atoms. The molecule has 4 unspecified atom stereocenters. The fourth-order valence-corrected chi connectivity index (χ4v) is 11.7. The Morgan fingerprint density at radius 3 is 1.60 bits per heavy atom. The maximum Gasteiger partial charge on any atom is 0.119 e. The fourth-order valence-electron chi connectivity index (χ4n) is 6.02. The zero-order chi connectivity index (χ0) is 20.6. The van der Waals surface area contributed by atoms with E-state index in [1.807, 2.05) is 7.11 Å². The van der Waals surface area contributed by atoms with Crippen LogP contribution < -0.4 is 15.9 Å². The van der Waals surface area contributed by atoms with Gasteiger partial charge in [-0.25, -0.2) is 0 Å². The van der Waals surface area contributed by atoms with E-state index in [2.05, 4.69) is 110 Å². The molecule has 3 aromatic rings. The van der Waals surface area contributed by atoms with E-state index in [-0.39, 0.29) is 11.5 Å².